The fraction of sp³-hybridized carbons (Fsp3) is 0.636. The Morgan fingerprint density at radius 3 is 2.95 bits per heavy atom. The zero-order valence-corrected chi connectivity index (χ0v) is 11.9. The third-order valence-electron chi connectivity index (χ3n) is 3.09. The fourth-order valence-corrected chi connectivity index (χ4v) is 3.14. The number of nitrogens with one attached hydrogen (secondary N) is 1. The molecule has 0 amide bonds. The van der Waals surface area contributed by atoms with Crippen LogP contribution in [0.4, 0.5) is 18.2 Å². The number of hydrogen-bond acceptors (Lipinski definition) is 5. The molecule has 0 aromatic carbocycles. The number of alkyl halides is 3. The van der Waals surface area contributed by atoms with Crippen molar-refractivity contribution in [2.75, 3.05) is 31.5 Å². The molecular formula is C11H12ClF3N4S. The maximum Gasteiger partial charge on any atom is 0.401 e. The maximum absolute atomic E-state index is 12.3. The lowest BCUT2D eigenvalue weighted by Gasteiger charge is -2.18. The van der Waals surface area contributed by atoms with Gasteiger partial charge >= 0.3 is 6.18 Å². The van der Waals surface area contributed by atoms with Crippen LogP contribution in [0.25, 0.3) is 0 Å². The van der Waals surface area contributed by atoms with E-state index in [1.807, 2.05) is 6.07 Å². The predicted octanol–water partition coefficient (Wildman–Crippen LogP) is 2.96. The van der Waals surface area contributed by atoms with E-state index >= 15 is 0 Å². The fourth-order valence-electron chi connectivity index (χ4n) is 2.20. The second-order valence-corrected chi connectivity index (χ2v) is 5.81. The summed E-state index contributed by atoms with van der Waals surface area (Å²) >= 11 is 6.83. The van der Waals surface area contributed by atoms with E-state index in [-0.39, 0.29) is 11.1 Å². The Bertz CT molecular complexity index is 511. The van der Waals surface area contributed by atoms with Gasteiger partial charge in [0.05, 0.1) is 6.54 Å². The quantitative estimate of drug-likeness (QED) is 0.925. The lowest BCUT2D eigenvalue weighted by Crippen LogP contribution is -2.33. The first-order valence-electron chi connectivity index (χ1n) is 5.97. The van der Waals surface area contributed by atoms with E-state index in [2.05, 4.69) is 9.69 Å². The van der Waals surface area contributed by atoms with Crippen LogP contribution in [0.1, 0.15) is 12.0 Å². The number of anilines is 1. The predicted molar refractivity (Wildman–Crippen MR) is 70.9 cm³/mol. The second-order valence-electron chi connectivity index (χ2n) is 4.68. The molecule has 2 heterocycles. The molecule has 1 saturated heterocycles. The highest BCUT2D eigenvalue weighted by molar-refractivity contribution is 7.10. The van der Waals surface area contributed by atoms with E-state index in [0.29, 0.717) is 36.6 Å². The molecule has 20 heavy (non-hydrogen) atoms. The van der Waals surface area contributed by atoms with E-state index in [0.717, 1.165) is 11.5 Å². The molecule has 1 aromatic rings. The topological polar surface area (TPSA) is 52.0 Å². The molecule has 2 rings (SSSR count). The van der Waals surface area contributed by atoms with E-state index < -0.39 is 12.7 Å². The Balaban J connectivity index is 1.83. The Morgan fingerprint density at radius 2 is 2.30 bits per heavy atom. The Morgan fingerprint density at radius 1 is 1.55 bits per heavy atom. The highest BCUT2D eigenvalue weighted by atomic mass is 35.5. The molecule has 0 radical (unpaired) electrons. The lowest BCUT2D eigenvalue weighted by molar-refractivity contribution is -0.143. The van der Waals surface area contributed by atoms with Crippen LogP contribution in [0.5, 0.6) is 0 Å². The van der Waals surface area contributed by atoms with Crippen molar-refractivity contribution >= 4 is 28.1 Å². The second kappa shape index (κ2) is 6.16. The van der Waals surface area contributed by atoms with Crippen molar-refractivity contribution in [1.82, 2.24) is 9.27 Å². The molecule has 9 heteroatoms. The molecule has 0 bridgehead atoms. The summed E-state index contributed by atoms with van der Waals surface area (Å²) in [6.07, 6.45) is -3.45. The minimum Gasteiger partial charge on any atom is -0.374 e. The number of nitrogens with zero attached hydrogens (tertiary/aromatic N) is 3. The van der Waals surface area contributed by atoms with Gasteiger partial charge in [0, 0.05) is 13.1 Å². The average molecular weight is 325 g/mol. The Kier molecular flexibility index (Phi) is 4.73. The molecule has 1 aromatic heterocycles. The van der Waals surface area contributed by atoms with Crippen LogP contribution in [0, 0.1) is 17.2 Å². The summed E-state index contributed by atoms with van der Waals surface area (Å²) in [5.41, 5.74) is 0.293. The van der Waals surface area contributed by atoms with Crippen molar-refractivity contribution < 1.29 is 13.2 Å². The van der Waals surface area contributed by atoms with E-state index in [9.17, 15) is 13.2 Å². The molecule has 1 aliphatic heterocycles. The third-order valence-corrected chi connectivity index (χ3v) is 4.27. The minimum absolute atomic E-state index is 0.129. The molecule has 110 valence electrons. The van der Waals surface area contributed by atoms with Gasteiger partial charge in [-0.05, 0) is 30.4 Å². The van der Waals surface area contributed by atoms with Crippen LogP contribution < -0.4 is 5.32 Å². The summed E-state index contributed by atoms with van der Waals surface area (Å²) in [5.74, 6) is 0.129. The van der Waals surface area contributed by atoms with Gasteiger partial charge in [-0.15, -0.1) is 0 Å². The van der Waals surface area contributed by atoms with E-state index in [1.54, 1.807) is 0 Å². The van der Waals surface area contributed by atoms with Gasteiger partial charge in [0.1, 0.15) is 16.6 Å². The van der Waals surface area contributed by atoms with Crippen molar-refractivity contribution in [3.63, 3.8) is 0 Å². The van der Waals surface area contributed by atoms with E-state index in [1.165, 1.54) is 4.90 Å². The molecule has 1 aliphatic rings. The lowest BCUT2D eigenvalue weighted by atomic mass is 10.1. The molecule has 0 spiro atoms. The van der Waals surface area contributed by atoms with Crippen molar-refractivity contribution in [3.8, 4) is 6.07 Å². The third kappa shape index (κ3) is 3.98. The van der Waals surface area contributed by atoms with Crippen molar-refractivity contribution in [2.45, 2.75) is 12.6 Å². The smallest absolute Gasteiger partial charge is 0.374 e. The van der Waals surface area contributed by atoms with Gasteiger partial charge in [0.15, 0.2) is 5.15 Å². The number of hydrogen-bond donors (Lipinski definition) is 1. The zero-order valence-electron chi connectivity index (χ0n) is 10.4. The molecule has 4 nitrogen and oxygen atoms in total. The summed E-state index contributed by atoms with van der Waals surface area (Å²) < 4.78 is 40.7. The highest BCUT2D eigenvalue weighted by Crippen LogP contribution is 2.29. The van der Waals surface area contributed by atoms with E-state index in [4.69, 9.17) is 16.9 Å². The Labute approximate surface area is 123 Å². The molecular weight excluding hydrogens is 313 g/mol. The number of aromatic nitrogens is 1. The van der Waals surface area contributed by atoms with Crippen molar-refractivity contribution in [1.29, 1.82) is 5.26 Å². The average Bonchev–Trinajstić information content (AvgIpc) is 2.91. The molecule has 1 atom stereocenters. The summed E-state index contributed by atoms with van der Waals surface area (Å²) in [6.45, 7) is 0.502. The highest BCUT2D eigenvalue weighted by Gasteiger charge is 2.34. The molecule has 0 saturated carbocycles. The summed E-state index contributed by atoms with van der Waals surface area (Å²) in [7, 11) is 0. The van der Waals surface area contributed by atoms with Gasteiger partial charge in [-0.25, -0.2) is 0 Å². The van der Waals surface area contributed by atoms with Crippen LogP contribution in [-0.2, 0) is 0 Å². The first-order valence-corrected chi connectivity index (χ1v) is 7.12. The number of rotatable bonds is 4. The largest absolute Gasteiger partial charge is 0.401 e. The molecule has 0 aliphatic carbocycles. The number of likely N-dealkylation sites (tertiary alicyclic amines) is 1. The molecule has 1 unspecified atom stereocenters. The molecule has 1 fully saturated rings. The Hall–Kier alpha value is -1.04. The summed E-state index contributed by atoms with van der Waals surface area (Å²) in [4.78, 5) is 1.40. The van der Waals surface area contributed by atoms with Gasteiger partial charge in [0.25, 0.3) is 0 Å². The first kappa shape index (κ1) is 15.4. The summed E-state index contributed by atoms with van der Waals surface area (Å²) in [6, 6.07) is 1.95. The maximum atomic E-state index is 12.3. The van der Waals surface area contributed by atoms with Gasteiger partial charge in [-0.3, -0.25) is 4.90 Å². The van der Waals surface area contributed by atoms with Crippen LogP contribution in [-0.4, -0.2) is 41.6 Å². The first-order chi connectivity index (χ1) is 9.39. The van der Waals surface area contributed by atoms with Gasteiger partial charge in [-0.2, -0.15) is 22.8 Å². The van der Waals surface area contributed by atoms with Crippen LogP contribution in [0.3, 0.4) is 0 Å². The molecule has 1 N–H and O–H groups in total. The monoisotopic (exact) mass is 324 g/mol. The van der Waals surface area contributed by atoms with Crippen LogP contribution in [0.15, 0.2) is 0 Å². The number of halogens is 4. The zero-order chi connectivity index (χ0) is 14.8. The normalized spacial score (nSPS) is 20.1. The SMILES string of the molecule is N#Cc1c(Cl)nsc1NCC1CCN(CC(F)(F)F)C1. The number of nitriles is 1. The van der Waals surface area contributed by atoms with Crippen molar-refractivity contribution in [2.24, 2.45) is 5.92 Å². The van der Waals surface area contributed by atoms with Crippen molar-refractivity contribution in [3.05, 3.63) is 10.7 Å². The van der Waals surface area contributed by atoms with Gasteiger partial charge in [0.2, 0.25) is 0 Å². The van der Waals surface area contributed by atoms with Crippen LogP contribution >= 0.6 is 23.1 Å². The summed E-state index contributed by atoms with van der Waals surface area (Å²) in [5, 5.41) is 12.7. The van der Waals surface area contributed by atoms with Gasteiger partial charge in [-0.1, -0.05) is 11.6 Å². The van der Waals surface area contributed by atoms with Crippen LogP contribution in [0.2, 0.25) is 5.15 Å². The standard InChI is InChI=1S/C11H12ClF3N4S/c12-9-8(3-16)10(20-18-9)17-4-7-1-2-19(5-7)6-11(13,14)15/h7,17H,1-2,4-6H2. The minimum atomic E-state index is -4.15. The van der Waals surface area contributed by atoms with Gasteiger partial charge < -0.3 is 5.32 Å².